The van der Waals surface area contributed by atoms with E-state index >= 15 is 0 Å². The Balaban J connectivity index is 1.98. The highest BCUT2D eigenvalue weighted by molar-refractivity contribution is 9.10. The number of aromatic amines is 1. The standard InChI is InChI=1S/C13H17BrN2O2/c14-10-11(8-4-1-2-5-8)15-12(16-13(10)17)9-6-3-7-18-9/h8-9H,1-7H2,(H,15,16,17). The van der Waals surface area contributed by atoms with Gasteiger partial charge < -0.3 is 9.72 Å². The lowest BCUT2D eigenvalue weighted by Crippen LogP contribution is -2.19. The Labute approximate surface area is 114 Å². The smallest absolute Gasteiger partial charge is 0.265 e. The van der Waals surface area contributed by atoms with Crippen molar-refractivity contribution in [2.45, 2.75) is 50.5 Å². The van der Waals surface area contributed by atoms with Crippen molar-refractivity contribution in [1.29, 1.82) is 0 Å². The number of hydrogen-bond donors (Lipinski definition) is 1. The van der Waals surface area contributed by atoms with Gasteiger partial charge in [0.15, 0.2) is 0 Å². The minimum absolute atomic E-state index is 0.0223. The van der Waals surface area contributed by atoms with Gasteiger partial charge in [-0.05, 0) is 41.6 Å². The maximum Gasteiger partial charge on any atom is 0.265 e. The molecule has 98 valence electrons. The fourth-order valence-corrected chi connectivity index (χ4v) is 3.42. The summed E-state index contributed by atoms with van der Waals surface area (Å²) in [5.74, 6) is 1.14. The lowest BCUT2D eigenvalue weighted by atomic mass is 10.0. The Morgan fingerprint density at radius 1 is 1.22 bits per heavy atom. The van der Waals surface area contributed by atoms with Gasteiger partial charge in [0, 0.05) is 12.5 Å². The minimum Gasteiger partial charge on any atom is -0.370 e. The summed E-state index contributed by atoms with van der Waals surface area (Å²) in [6.45, 7) is 0.767. The maximum absolute atomic E-state index is 12.0. The van der Waals surface area contributed by atoms with E-state index in [9.17, 15) is 4.79 Å². The predicted octanol–water partition coefficient (Wildman–Crippen LogP) is 3.04. The van der Waals surface area contributed by atoms with Crippen molar-refractivity contribution in [2.24, 2.45) is 0 Å². The van der Waals surface area contributed by atoms with E-state index in [-0.39, 0.29) is 11.7 Å². The van der Waals surface area contributed by atoms with Gasteiger partial charge in [0.25, 0.3) is 5.56 Å². The van der Waals surface area contributed by atoms with Gasteiger partial charge in [-0.3, -0.25) is 4.79 Å². The predicted molar refractivity (Wildman–Crippen MR) is 71.7 cm³/mol. The van der Waals surface area contributed by atoms with Crippen LogP contribution in [0.5, 0.6) is 0 Å². The molecular formula is C13H17BrN2O2. The molecule has 1 saturated carbocycles. The minimum atomic E-state index is -0.0719. The first-order chi connectivity index (χ1) is 8.75. The SMILES string of the molecule is O=c1[nH]c(C2CCCO2)nc(C2CCCC2)c1Br. The summed E-state index contributed by atoms with van der Waals surface area (Å²) in [6, 6.07) is 0. The second kappa shape index (κ2) is 5.13. The van der Waals surface area contributed by atoms with Gasteiger partial charge in [-0.15, -0.1) is 0 Å². The Morgan fingerprint density at radius 3 is 2.67 bits per heavy atom. The van der Waals surface area contributed by atoms with Crippen molar-refractivity contribution in [1.82, 2.24) is 9.97 Å². The molecule has 0 radical (unpaired) electrons. The number of nitrogens with zero attached hydrogens (tertiary/aromatic N) is 1. The molecule has 2 aliphatic rings. The number of rotatable bonds is 2. The highest BCUT2D eigenvalue weighted by atomic mass is 79.9. The first kappa shape index (κ1) is 12.4. The van der Waals surface area contributed by atoms with Crippen molar-refractivity contribution in [3.05, 3.63) is 26.3 Å². The van der Waals surface area contributed by atoms with E-state index in [0.717, 1.165) is 38.0 Å². The number of H-pyrrole nitrogens is 1. The van der Waals surface area contributed by atoms with Crippen molar-refractivity contribution in [2.75, 3.05) is 6.61 Å². The molecule has 1 aliphatic heterocycles. The topological polar surface area (TPSA) is 55.0 Å². The highest BCUT2D eigenvalue weighted by Crippen LogP contribution is 2.36. The van der Waals surface area contributed by atoms with Crippen molar-refractivity contribution in [3.63, 3.8) is 0 Å². The van der Waals surface area contributed by atoms with E-state index < -0.39 is 0 Å². The van der Waals surface area contributed by atoms with Crippen molar-refractivity contribution >= 4 is 15.9 Å². The lowest BCUT2D eigenvalue weighted by Gasteiger charge is -2.14. The van der Waals surface area contributed by atoms with Crippen LogP contribution >= 0.6 is 15.9 Å². The summed E-state index contributed by atoms with van der Waals surface area (Å²) in [6.07, 6.45) is 6.73. The Kier molecular flexibility index (Phi) is 3.52. The van der Waals surface area contributed by atoms with Crippen molar-refractivity contribution < 1.29 is 4.74 Å². The molecule has 0 aromatic carbocycles. The number of halogens is 1. The molecule has 4 nitrogen and oxygen atoms in total. The molecular weight excluding hydrogens is 296 g/mol. The van der Waals surface area contributed by atoms with Gasteiger partial charge in [-0.25, -0.2) is 4.98 Å². The van der Waals surface area contributed by atoms with Crippen molar-refractivity contribution in [3.8, 4) is 0 Å². The van der Waals surface area contributed by atoms with E-state index in [2.05, 4.69) is 25.9 Å². The molecule has 2 fully saturated rings. The summed E-state index contributed by atoms with van der Waals surface area (Å²) < 4.78 is 6.21. The molecule has 0 amide bonds. The Morgan fingerprint density at radius 2 is 2.00 bits per heavy atom. The molecule has 2 heterocycles. The van der Waals surface area contributed by atoms with Gasteiger partial charge in [-0.1, -0.05) is 12.8 Å². The molecule has 3 rings (SSSR count). The van der Waals surface area contributed by atoms with E-state index in [1.54, 1.807) is 0 Å². The molecule has 0 bridgehead atoms. The lowest BCUT2D eigenvalue weighted by molar-refractivity contribution is 0.104. The van der Waals surface area contributed by atoms with Gasteiger partial charge in [0.05, 0.1) is 5.69 Å². The molecule has 18 heavy (non-hydrogen) atoms. The second-order valence-electron chi connectivity index (χ2n) is 5.13. The van der Waals surface area contributed by atoms with E-state index in [4.69, 9.17) is 4.74 Å². The van der Waals surface area contributed by atoms with Crippen LogP contribution in [0.3, 0.4) is 0 Å². The molecule has 1 unspecified atom stereocenters. The van der Waals surface area contributed by atoms with Gasteiger partial charge in [0.2, 0.25) is 0 Å². The summed E-state index contributed by atoms with van der Waals surface area (Å²) in [5, 5.41) is 0. The largest absolute Gasteiger partial charge is 0.370 e. The van der Waals surface area contributed by atoms with Crippen LogP contribution in [0, 0.1) is 0 Å². The average molecular weight is 313 g/mol. The second-order valence-corrected chi connectivity index (χ2v) is 5.93. The first-order valence-corrected chi connectivity index (χ1v) is 7.46. The third-order valence-corrected chi connectivity index (χ3v) is 4.65. The molecule has 1 saturated heterocycles. The monoisotopic (exact) mass is 312 g/mol. The van der Waals surface area contributed by atoms with Crippen LogP contribution in [0.2, 0.25) is 0 Å². The normalized spacial score (nSPS) is 24.8. The number of ether oxygens (including phenoxy) is 1. The highest BCUT2D eigenvalue weighted by Gasteiger charge is 2.26. The molecule has 1 aromatic rings. The van der Waals surface area contributed by atoms with Crippen LogP contribution in [0.1, 0.15) is 62.1 Å². The summed E-state index contributed by atoms with van der Waals surface area (Å²) in [5.41, 5.74) is 0.860. The Bertz CT molecular complexity index is 488. The number of aromatic nitrogens is 2. The van der Waals surface area contributed by atoms with Gasteiger partial charge >= 0.3 is 0 Å². The van der Waals surface area contributed by atoms with Crippen LogP contribution in [-0.4, -0.2) is 16.6 Å². The van der Waals surface area contributed by atoms with Gasteiger partial charge in [0.1, 0.15) is 16.4 Å². The van der Waals surface area contributed by atoms with Gasteiger partial charge in [-0.2, -0.15) is 0 Å². The molecule has 1 aromatic heterocycles. The molecule has 5 heteroatoms. The zero-order valence-electron chi connectivity index (χ0n) is 10.2. The molecule has 1 atom stereocenters. The Hall–Kier alpha value is -0.680. The van der Waals surface area contributed by atoms with Crippen LogP contribution in [0.4, 0.5) is 0 Å². The first-order valence-electron chi connectivity index (χ1n) is 6.67. The van der Waals surface area contributed by atoms with Crippen LogP contribution < -0.4 is 5.56 Å². The van der Waals surface area contributed by atoms with E-state index in [1.807, 2.05) is 0 Å². The fourth-order valence-electron chi connectivity index (χ4n) is 2.91. The van der Waals surface area contributed by atoms with Crippen LogP contribution in [-0.2, 0) is 4.74 Å². The molecule has 1 aliphatic carbocycles. The summed E-state index contributed by atoms with van der Waals surface area (Å²) >= 11 is 3.39. The third kappa shape index (κ3) is 2.26. The van der Waals surface area contributed by atoms with E-state index in [0.29, 0.717) is 16.2 Å². The third-order valence-electron chi connectivity index (χ3n) is 3.88. The summed E-state index contributed by atoms with van der Waals surface area (Å²) in [4.78, 5) is 19.5. The number of nitrogens with one attached hydrogen (secondary N) is 1. The van der Waals surface area contributed by atoms with Crippen LogP contribution in [0.25, 0.3) is 0 Å². The molecule has 0 spiro atoms. The number of hydrogen-bond acceptors (Lipinski definition) is 3. The quantitative estimate of drug-likeness (QED) is 0.913. The molecule has 1 N–H and O–H groups in total. The summed E-state index contributed by atoms with van der Waals surface area (Å²) in [7, 11) is 0. The zero-order valence-corrected chi connectivity index (χ0v) is 11.8. The average Bonchev–Trinajstić information content (AvgIpc) is 3.03. The van der Waals surface area contributed by atoms with Crippen LogP contribution in [0.15, 0.2) is 9.27 Å². The zero-order chi connectivity index (χ0) is 12.5. The maximum atomic E-state index is 12.0. The fraction of sp³-hybridized carbons (Fsp3) is 0.692. The van der Waals surface area contributed by atoms with E-state index in [1.165, 1.54) is 12.8 Å².